The van der Waals surface area contributed by atoms with Gasteiger partial charge in [-0.3, -0.25) is 9.10 Å². The van der Waals surface area contributed by atoms with Gasteiger partial charge in [-0.1, -0.05) is 17.7 Å². The van der Waals surface area contributed by atoms with Gasteiger partial charge in [-0.25, -0.2) is 8.42 Å². The molecule has 0 radical (unpaired) electrons. The number of carbonyl (C=O) groups is 1. The van der Waals surface area contributed by atoms with Crippen LogP contribution in [-0.4, -0.2) is 67.2 Å². The Labute approximate surface area is 184 Å². The molecule has 8 nitrogen and oxygen atoms in total. The molecule has 0 heterocycles. The van der Waals surface area contributed by atoms with Crippen LogP contribution in [0.5, 0.6) is 11.5 Å². The minimum Gasteiger partial charge on any atom is -0.493 e. The molecule has 0 unspecified atom stereocenters. The summed E-state index contributed by atoms with van der Waals surface area (Å²) in [6.45, 7) is 2.81. The van der Waals surface area contributed by atoms with E-state index in [0.29, 0.717) is 23.7 Å². The van der Waals surface area contributed by atoms with Crippen LogP contribution in [0.4, 0.5) is 5.69 Å². The van der Waals surface area contributed by atoms with E-state index >= 15 is 0 Å². The third kappa shape index (κ3) is 6.60. The highest BCUT2D eigenvalue weighted by atomic mass is 32.2. The number of rotatable bonds is 11. The summed E-state index contributed by atoms with van der Waals surface area (Å²) in [4.78, 5) is 14.7. The Morgan fingerprint density at radius 3 is 2.23 bits per heavy atom. The molecular weight excluding hydrogens is 418 g/mol. The summed E-state index contributed by atoms with van der Waals surface area (Å²) in [6.07, 6.45) is 0.764. The Hall–Kier alpha value is -2.78. The van der Waals surface area contributed by atoms with Gasteiger partial charge in [0.2, 0.25) is 5.91 Å². The quantitative estimate of drug-likeness (QED) is 0.530. The molecule has 2 aromatic carbocycles. The predicted octanol–water partition coefficient (Wildman–Crippen LogP) is 2.28. The Balaban J connectivity index is 2.36. The van der Waals surface area contributed by atoms with Crippen LogP contribution in [0.25, 0.3) is 0 Å². The van der Waals surface area contributed by atoms with E-state index < -0.39 is 10.0 Å². The molecular formula is C22H31N3O5S. The Morgan fingerprint density at radius 2 is 1.65 bits per heavy atom. The molecule has 0 bridgehead atoms. The smallest absolute Gasteiger partial charge is 0.264 e. The van der Waals surface area contributed by atoms with Gasteiger partial charge in [0.05, 0.1) is 24.8 Å². The van der Waals surface area contributed by atoms with Crippen molar-refractivity contribution in [1.82, 2.24) is 10.2 Å². The van der Waals surface area contributed by atoms with Gasteiger partial charge in [0.25, 0.3) is 10.0 Å². The number of nitrogens with zero attached hydrogens (tertiary/aromatic N) is 2. The zero-order valence-corrected chi connectivity index (χ0v) is 19.5. The first-order valence-corrected chi connectivity index (χ1v) is 11.4. The second-order valence-corrected chi connectivity index (χ2v) is 9.23. The van der Waals surface area contributed by atoms with Gasteiger partial charge in [-0.05, 0) is 58.3 Å². The molecule has 0 aliphatic heterocycles. The molecule has 9 heteroatoms. The fourth-order valence-electron chi connectivity index (χ4n) is 2.94. The lowest BCUT2D eigenvalue weighted by Gasteiger charge is -2.25. The standard InChI is InChI=1S/C22H31N3O5S/c1-17-7-10-19(11-8-17)31(27,28)25(16-22(26)23-13-6-14-24(2)3)18-9-12-20(29-4)21(15-18)30-5/h7-12,15H,6,13-14,16H2,1-5H3,(H,23,26). The van der Waals surface area contributed by atoms with Crippen molar-refractivity contribution in [1.29, 1.82) is 0 Å². The van der Waals surface area contributed by atoms with Crippen LogP contribution >= 0.6 is 0 Å². The van der Waals surface area contributed by atoms with Crippen molar-refractivity contribution in [2.24, 2.45) is 0 Å². The van der Waals surface area contributed by atoms with Gasteiger partial charge in [0.1, 0.15) is 6.54 Å². The third-order valence-electron chi connectivity index (χ3n) is 4.66. The number of anilines is 1. The second kappa shape index (κ2) is 11.0. The lowest BCUT2D eigenvalue weighted by atomic mass is 10.2. The molecule has 1 N–H and O–H groups in total. The maximum absolute atomic E-state index is 13.4. The second-order valence-electron chi connectivity index (χ2n) is 7.37. The number of hydrogen-bond donors (Lipinski definition) is 1. The Morgan fingerprint density at radius 1 is 1.00 bits per heavy atom. The molecule has 0 aliphatic carbocycles. The number of nitrogens with one attached hydrogen (secondary N) is 1. The highest BCUT2D eigenvalue weighted by molar-refractivity contribution is 7.92. The van der Waals surface area contributed by atoms with E-state index in [0.717, 1.165) is 22.8 Å². The molecule has 0 aromatic heterocycles. The molecule has 1 amide bonds. The highest BCUT2D eigenvalue weighted by Gasteiger charge is 2.28. The summed E-state index contributed by atoms with van der Waals surface area (Å²) >= 11 is 0. The van der Waals surface area contributed by atoms with Crippen LogP contribution in [0, 0.1) is 6.92 Å². The average Bonchev–Trinajstić information content (AvgIpc) is 2.74. The molecule has 2 rings (SSSR count). The van der Waals surface area contributed by atoms with E-state index in [4.69, 9.17) is 9.47 Å². The van der Waals surface area contributed by atoms with E-state index in [1.54, 1.807) is 30.3 Å². The first kappa shape index (κ1) is 24.5. The van der Waals surface area contributed by atoms with Gasteiger partial charge in [-0.15, -0.1) is 0 Å². The van der Waals surface area contributed by atoms with Gasteiger partial charge in [0.15, 0.2) is 11.5 Å². The molecule has 0 aliphatic rings. The maximum Gasteiger partial charge on any atom is 0.264 e. The van der Waals surface area contributed by atoms with Crippen molar-refractivity contribution >= 4 is 21.6 Å². The molecule has 0 spiro atoms. The average molecular weight is 450 g/mol. The number of benzene rings is 2. The summed E-state index contributed by atoms with van der Waals surface area (Å²) in [7, 11) is 2.89. The SMILES string of the molecule is COc1ccc(N(CC(=O)NCCCN(C)C)S(=O)(=O)c2ccc(C)cc2)cc1OC. The van der Waals surface area contributed by atoms with Crippen LogP contribution in [-0.2, 0) is 14.8 Å². The summed E-state index contributed by atoms with van der Waals surface area (Å²) in [5, 5.41) is 2.79. The summed E-state index contributed by atoms with van der Waals surface area (Å²) in [6, 6.07) is 11.3. The van der Waals surface area contributed by atoms with E-state index in [9.17, 15) is 13.2 Å². The summed E-state index contributed by atoms with van der Waals surface area (Å²) in [5.74, 6) is 0.451. The number of ether oxygens (including phenoxy) is 2. The van der Waals surface area contributed by atoms with Crippen molar-refractivity contribution in [2.45, 2.75) is 18.2 Å². The van der Waals surface area contributed by atoms with Crippen molar-refractivity contribution in [3.63, 3.8) is 0 Å². The molecule has 0 atom stereocenters. The molecule has 170 valence electrons. The molecule has 31 heavy (non-hydrogen) atoms. The van der Waals surface area contributed by atoms with Crippen molar-refractivity contribution in [2.75, 3.05) is 52.3 Å². The molecule has 0 saturated heterocycles. The zero-order chi connectivity index (χ0) is 23.0. The molecule has 2 aromatic rings. The maximum atomic E-state index is 13.4. The monoisotopic (exact) mass is 449 g/mol. The topological polar surface area (TPSA) is 88.2 Å². The van der Waals surface area contributed by atoms with Crippen LogP contribution in [0.1, 0.15) is 12.0 Å². The zero-order valence-electron chi connectivity index (χ0n) is 18.7. The first-order valence-electron chi connectivity index (χ1n) is 9.92. The lowest BCUT2D eigenvalue weighted by Crippen LogP contribution is -2.41. The van der Waals surface area contributed by atoms with Crippen LogP contribution in [0.2, 0.25) is 0 Å². The third-order valence-corrected chi connectivity index (χ3v) is 6.44. The normalized spacial score (nSPS) is 11.3. The van der Waals surface area contributed by atoms with Gasteiger partial charge in [0, 0.05) is 12.6 Å². The predicted molar refractivity (Wildman–Crippen MR) is 121 cm³/mol. The molecule has 0 fully saturated rings. The van der Waals surface area contributed by atoms with Crippen molar-refractivity contribution in [3.05, 3.63) is 48.0 Å². The van der Waals surface area contributed by atoms with E-state index in [-0.39, 0.29) is 17.3 Å². The summed E-state index contributed by atoms with van der Waals surface area (Å²) in [5.41, 5.74) is 1.25. The van der Waals surface area contributed by atoms with Gasteiger partial charge >= 0.3 is 0 Å². The lowest BCUT2D eigenvalue weighted by molar-refractivity contribution is -0.119. The number of hydrogen-bond acceptors (Lipinski definition) is 6. The van der Waals surface area contributed by atoms with Gasteiger partial charge < -0.3 is 19.7 Å². The van der Waals surface area contributed by atoms with E-state index in [2.05, 4.69) is 5.32 Å². The largest absolute Gasteiger partial charge is 0.493 e. The van der Waals surface area contributed by atoms with Crippen molar-refractivity contribution < 1.29 is 22.7 Å². The number of sulfonamides is 1. The number of aryl methyl sites for hydroxylation is 1. The Bertz CT molecular complexity index is 975. The number of amides is 1. The first-order chi connectivity index (χ1) is 14.7. The fourth-order valence-corrected chi connectivity index (χ4v) is 4.35. The number of methoxy groups -OCH3 is 2. The van der Waals surface area contributed by atoms with Crippen LogP contribution in [0.3, 0.4) is 0 Å². The minimum atomic E-state index is -3.99. The van der Waals surface area contributed by atoms with E-state index in [1.807, 2.05) is 25.9 Å². The van der Waals surface area contributed by atoms with Gasteiger partial charge in [-0.2, -0.15) is 0 Å². The Kier molecular flexibility index (Phi) is 8.70. The minimum absolute atomic E-state index is 0.105. The van der Waals surface area contributed by atoms with Crippen molar-refractivity contribution in [3.8, 4) is 11.5 Å². The van der Waals surface area contributed by atoms with Crippen LogP contribution < -0.4 is 19.1 Å². The highest BCUT2D eigenvalue weighted by Crippen LogP contribution is 2.33. The summed E-state index contributed by atoms with van der Waals surface area (Å²) < 4.78 is 38.5. The van der Waals surface area contributed by atoms with Crippen LogP contribution in [0.15, 0.2) is 47.4 Å². The number of carbonyl (C=O) groups excluding carboxylic acids is 1. The fraction of sp³-hybridized carbons (Fsp3) is 0.409. The molecule has 0 saturated carbocycles. The van der Waals surface area contributed by atoms with E-state index in [1.165, 1.54) is 26.4 Å².